The summed E-state index contributed by atoms with van der Waals surface area (Å²) in [4.78, 5) is 0. The van der Waals surface area contributed by atoms with E-state index >= 15 is 0 Å². The van der Waals surface area contributed by atoms with Crippen LogP contribution in [0, 0.1) is 5.92 Å². The van der Waals surface area contributed by atoms with E-state index in [1.165, 1.54) is 58.0 Å². The van der Waals surface area contributed by atoms with Crippen LogP contribution in [0.15, 0.2) is 24.3 Å². The number of benzene rings is 1. The summed E-state index contributed by atoms with van der Waals surface area (Å²) in [7, 11) is 0. The molecule has 1 heterocycles. The Morgan fingerprint density at radius 3 is 2.81 bits per heavy atom. The smallest absolute Gasteiger partial charge is 0.0111 e. The molecule has 0 bridgehead atoms. The minimum atomic E-state index is 0.752. The fraction of sp³-hybridized carbons (Fsp3) is 0.684. The Balaban J connectivity index is 1.35. The van der Waals surface area contributed by atoms with Gasteiger partial charge in [0.25, 0.3) is 0 Å². The summed E-state index contributed by atoms with van der Waals surface area (Å²) < 4.78 is 0. The van der Waals surface area contributed by atoms with Crippen LogP contribution >= 0.6 is 0 Å². The van der Waals surface area contributed by atoms with Gasteiger partial charge in [0, 0.05) is 24.5 Å². The van der Waals surface area contributed by atoms with E-state index in [0.29, 0.717) is 0 Å². The molecule has 114 valence electrons. The quantitative estimate of drug-likeness (QED) is 0.887. The molecule has 0 aromatic heterocycles. The van der Waals surface area contributed by atoms with Gasteiger partial charge in [0.1, 0.15) is 0 Å². The van der Waals surface area contributed by atoms with E-state index in [-0.39, 0.29) is 0 Å². The molecule has 0 radical (unpaired) electrons. The molecule has 2 N–H and O–H groups in total. The summed E-state index contributed by atoms with van der Waals surface area (Å²) in [6.07, 6.45) is 9.73. The molecule has 21 heavy (non-hydrogen) atoms. The number of hydrogen-bond acceptors (Lipinski definition) is 2. The molecule has 2 nitrogen and oxygen atoms in total. The Kier molecular flexibility index (Phi) is 4.00. The normalized spacial score (nSPS) is 35.2. The highest BCUT2D eigenvalue weighted by Crippen LogP contribution is 2.35. The predicted molar refractivity (Wildman–Crippen MR) is 87.7 cm³/mol. The van der Waals surface area contributed by atoms with Crippen molar-refractivity contribution in [2.75, 3.05) is 13.1 Å². The molecule has 0 amide bonds. The Bertz CT molecular complexity index is 478. The topological polar surface area (TPSA) is 24.1 Å². The first kappa shape index (κ1) is 13.8. The first-order valence-electron chi connectivity index (χ1n) is 8.96. The zero-order valence-corrected chi connectivity index (χ0v) is 13.0. The molecule has 1 saturated heterocycles. The molecule has 4 atom stereocenters. The Labute approximate surface area is 128 Å². The number of rotatable bonds is 4. The second-order valence-electron chi connectivity index (χ2n) is 7.27. The largest absolute Gasteiger partial charge is 0.314 e. The standard InChI is InChI=1S/C19H28N2/c1-2-7-16-14(6-1)12-15(16)13-21-19-9-4-3-8-17(19)18-10-5-11-20-18/h1-2,6-7,15,17-21H,3-5,8-13H2. The lowest BCUT2D eigenvalue weighted by molar-refractivity contribution is 0.211. The minimum Gasteiger partial charge on any atom is -0.314 e. The van der Waals surface area contributed by atoms with Gasteiger partial charge < -0.3 is 10.6 Å². The van der Waals surface area contributed by atoms with Gasteiger partial charge in [-0.05, 0) is 55.7 Å². The zero-order chi connectivity index (χ0) is 14.1. The van der Waals surface area contributed by atoms with E-state index in [0.717, 1.165) is 23.9 Å². The number of nitrogens with one attached hydrogen (secondary N) is 2. The van der Waals surface area contributed by atoms with Crippen LogP contribution in [0.1, 0.15) is 55.6 Å². The van der Waals surface area contributed by atoms with Gasteiger partial charge in [0.15, 0.2) is 0 Å². The van der Waals surface area contributed by atoms with Gasteiger partial charge in [-0.25, -0.2) is 0 Å². The monoisotopic (exact) mass is 284 g/mol. The summed E-state index contributed by atoms with van der Waals surface area (Å²) >= 11 is 0. The van der Waals surface area contributed by atoms with Gasteiger partial charge in [-0.15, -0.1) is 0 Å². The maximum Gasteiger partial charge on any atom is 0.0111 e. The van der Waals surface area contributed by atoms with Crippen molar-refractivity contribution in [2.45, 2.75) is 62.9 Å². The van der Waals surface area contributed by atoms with Crippen LogP contribution in [0.25, 0.3) is 0 Å². The number of fused-ring (bicyclic) bond motifs is 1. The first-order chi connectivity index (χ1) is 10.4. The highest BCUT2D eigenvalue weighted by molar-refractivity contribution is 5.40. The summed E-state index contributed by atoms with van der Waals surface area (Å²) in [6, 6.07) is 10.5. The lowest BCUT2D eigenvalue weighted by Crippen LogP contribution is -2.48. The molecule has 2 aliphatic carbocycles. The Morgan fingerprint density at radius 2 is 1.95 bits per heavy atom. The van der Waals surface area contributed by atoms with Crippen molar-refractivity contribution in [1.82, 2.24) is 10.6 Å². The van der Waals surface area contributed by atoms with Crippen molar-refractivity contribution in [3.63, 3.8) is 0 Å². The van der Waals surface area contributed by atoms with Crippen molar-refractivity contribution in [3.05, 3.63) is 35.4 Å². The van der Waals surface area contributed by atoms with Crippen LogP contribution in [0.5, 0.6) is 0 Å². The van der Waals surface area contributed by atoms with Gasteiger partial charge in [-0.1, -0.05) is 37.1 Å². The number of hydrogen-bond donors (Lipinski definition) is 2. The molecule has 2 heteroatoms. The third-order valence-electron chi connectivity index (χ3n) is 6.02. The van der Waals surface area contributed by atoms with Crippen LogP contribution in [-0.2, 0) is 6.42 Å². The molecule has 1 aliphatic heterocycles. The highest BCUT2D eigenvalue weighted by atomic mass is 15.0. The predicted octanol–water partition coefficient (Wildman–Crippen LogP) is 3.23. The molecule has 4 rings (SSSR count). The average Bonchev–Trinajstić information content (AvgIpc) is 3.03. The SMILES string of the molecule is c1ccc2c(c1)CC2CNC1CCCCC1C1CCCN1. The summed E-state index contributed by atoms with van der Waals surface area (Å²) in [5.74, 6) is 1.64. The fourth-order valence-corrected chi connectivity index (χ4v) is 4.81. The third kappa shape index (κ3) is 2.76. The first-order valence-corrected chi connectivity index (χ1v) is 8.96. The van der Waals surface area contributed by atoms with Crippen molar-refractivity contribution >= 4 is 0 Å². The fourth-order valence-electron chi connectivity index (χ4n) is 4.81. The van der Waals surface area contributed by atoms with Crippen LogP contribution in [0.2, 0.25) is 0 Å². The van der Waals surface area contributed by atoms with E-state index in [4.69, 9.17) is 0 Å². The zero-order valence-electron chi connectivity index (χ0n) is 13.0. The molecule has 0 spiro atoms. The van der Waals surface area contributed by atoms with Gasteiger partial charge >= 0.3 is 0 Å². The molecular formula is C19H28N2. The van der Waals surface area contributed by atoms with Crippen LogP contribution in [-0.4, -0.2) is 25.2 Å². The third-order valence-corrected chi connectivity index (χ3v) is 6.02. The van der Waals surface area contributed by atoms with Gasteiger partial charge in [0.2, 0.25) is 0 Å². The summed E-state index contributed by atoms with van der Waals surface area (Å²) in [5.41, 5.74) is 3.17. The van der Waals surface area contributed by atoms with Crippen molar-refractivity contribution in [3.8, 4) is 0 Å². The maximum atomic E-state index is 3.95. The van der Waals surface area contributed by atoms with Gasteiger partial charge in [-0.2, -0.15) is 0 Å². The molecule has 1 saturated carbocycles. The second kappa shape index (κ2) is 6.10. The van der Waals surface area contributed by atoms with Crippen molar-refractivity contribution < 1.29 is 0 Å². The van der Waals surface area contributed by atoms with Gasteiger partial charge in [-0.3, -0.25) is 0 Å². The Morgan fingerprint density at radius 1 is 1.05 bits per heavy atom. The highest BCUT2D eigenvalue weighted by Gasteiger charge is 2.34. The molecular weight excluding hydrogens is 256 g/mol. The molecule has 3 aliphatic rings. The molecule has 2 fully saturated rings. The summed E-state index contributed by atoms with van der Waals surface area (Å²) in [5, 5.41) is 7.70. The van der Waals surface area contributed by atoms with Crippen molar-refractivity contribution in [2.24, 2.45) is 5.92 Å². The molecule has 1 aromatic rings. The molecule has 1 aromatic carbocycles. The van der Waals surface area contributed by atoms with Crippen molar-refractivity contribution in [1.29, 1.82) is 0 Å². The van der Waals surface area contributed by atoms with Gasteiger partial charge in [0.05, 0.1) is 0 Å². The molecule has 4 unspecified atom stereocenters. The summed E-state index contributed by atoms with van der Waals surface area (Å²) in [6.45, 7) is 2.43. The Hall–Kier alpha value is -0.860. The lowest BCUT2D eigenvalue weighted by atomic mass is 9.76. The van der Waals surface area contributed by atoms with Crippen LogP contribution in [0.3, 0.4) is 0 Å². The van der Waals surface area contributed by atoms with E-state index < -0.39 is 0 Å². The second-order valence-corrected chi connectivity index (χ2v) is 7.27. The maximum absolute atomic E-state index is 3.95. The lowest BCUT2D eigenvalue weighted by Gasteiger charge is -2.38. The van der Waals surface area contributed by atoms with E-state index in [9.17, 15) is 0 Å². The van der Waals surface area contributed by atoms with E-state index in [1.54, 1.807) is 11.1 Å². The van der Waals surface area contributed by atoms with E-state index in [1.807, 2.05) is 0 Å². The minimum absolute atomic E-state index is 0.752. The van der Waals surface area contributed by atoms with Crippen LogP contribution in [0.4, 0.5) is 0 Å². The van der Waals surface area contributed by atoms with E-state index in [2.05, 4.69) is 34.9 Å². The van der Waals surface area contributed by atoms with Crippen LogP contribution < -0.4 is 10.6 Å². The average molecular weight is 284 g/mol.